The molecule has 3 N–H and O–H groups in total. The predicted octanol–water partition coefficient (Wildman–Crippen LogP) is 2.81. The first-order valence-electron chi connectivity index (χ1n) is 5.71. The summed E-state index contributed by atoms with van der Waals surface area (Å²) in [6.45, 7) is 0. The molecule has 0 radical (unpaired) electrons. The van der Waals surface area contributed by atoms with Gasteiger partial charge in [0.2, 0.25) is 0 Å². The van der Waals surface area contributed by atoms with Crippen LogP contribution in [0.3, 0.4) is 0 Å². The van der Waals surface area contributed by atoms with Gasteiger partial charge in [0.15, 0.2) is 11.6 Å². The first-order valence-corrected chi connectivity index (χ1v) is 5.71. The number of nitrogens with one attached hydrogen (secondary N) is 1. The molecule has 1 amide bonds. The number of nitrogens with two attached hydrogens (primary N) is 1. The van der Waals surface area contributed by atoms with Crippen LogP contribution in [0.15, 0.2) is 36.4 Å². The Labute approximate surface area is 114 Å². The molecule has 0 atom stereocenters. The lowest BCUT2D eigenvalue weighted by Gasteiger charge is -2.08. The highest BCUT2D eigenvalue weighted by atomic mass is 19.1. The van der Waals surface area contributed by atoms with Crippen molar-refractivity contribution in [3.8, 4) is 5.75 Å². The Morgan fingerprint density at radius 1 is 1.15 bits per heavy atom. The number of benzene rings is 2. The van der Waals surface area contributed by atoms with Crippen molar-refractivity contribution in [2.45, 2.75) is 0 Å². The molecular formula is C14H12F2N2O2. The van der Waals surface area contributed by atoms with Crippen LogP contribution in [0, 0.1) is 11.6 Å². The van der Waals surface area contributed by atoms with Crippen molar-refractivity contribution in [1.82, 2.24) is 0 Å². The fourth-order valence-corrected chi connectivity index (χ4v) is 1.63. The number of nitrogen functional groups attached to an aromatic ring is 1. The number of carbonyl (C=O) groups excluding carboxylic acids is 1. The maximum absolute atomic E-state index is 13.5. The van der Waals surface area contributed by atoms with Gasteiger partial charge in [-0.2, -0.15) is 0 Å². The van der Waals surface area contributed by atoms with Gasteiger partial charge in [-0.25, -0.2) is 8.78 Å². The van der Waals surface area contributed by atoms with E-state index in [-0.39, 0.29) is 22.7 Å². The summed E-state index contributed by atoms with van der Waals surface area (Å²) in [5.41, 5.74) is 5.70. The van der Waals surface area contributed by atoms with Crippen molar-refractivity contribution in [3.63, 3.8) is 0 Å². The zero-order chi connectivity index (χ0) is 14.7. The van der Waals surface area contributed by atoms with Crippen LogP contribution < -0.4 is 15.8 Å². The first-order chi connectivity index (χ1) is 9.51. The molecule has 2 aromatic rings. The van der Waals surface area contributed by atoms with Crippen LogP contribution in [-0.4, -0.2) is 13.0 Å². The van der Waals surface area contributed by atoms with Crippen LogP contribution in [0.1, 0.15) is 10.4 Å². The van der Waals surface area contributed by atoms with Gasteiger partial charge >= 0.3 is 0 Å². The lowest BCUT2D eigenvalue weighted by atomic mass is 10.1. The van der Waals surface area contributed by atoms with Crippen LogP contribution in [0.4, 0.5) is 20.2 Å². The minimum absolute atomic E-state index is 0.0778. The topological polar surface area (TPSA) is 64.3 Å². The number of anilines is 2. The van der Waals surface area contributed by atoms with Gasteiger partial charge in [0.25, 0.3) is 5.91 Å². The van der Waals surface area contributed by atoms with E-state index < -0.39 is 17.5 Å². The summed E-state index contributed by atoms with van der Waals surface area (Å²) >= 11 is 0. The van der Waals surface area contributed by atoms with Gasteiger partial charge in [0.1, 0.15) is 5.82 Å². The summed E-state index contributed by atoms with van der Waals surface area (Å²) in [4.78, 5) is 11.9. The van der Waals surface area contributed by atoms with Crippen LogP contribution >= 0.6 is 0 Å². The molecule has 0 aliphatic heterocycles. The lowest BCUT2D eigenvalue weighted by molar-refractivity contribution is 0.102. The Morgan fingerprint density at radius 3 is 2.50 bits per heavy atom. The van der Waals surface area contributed by atoms with E-state index >= 15 is 0 Å². The second kappa shape index (κ2) is 5.56. The first kappa shape index (κ1) is 13.8. The zero-order valence-electron chi connectivity index (χ0n) is 10.6. The van der Waals surface area contributed by atoms with Gasteiger partial charge in [0, 0.05) is 17.3 Å². The SMILES string of the molecule is COc1ccc(NC(=O)c2ccc(F)c(N)c2)cc1F. The smallest absolute Gasteiger partial charge is 0.255 e. The Hall–Kier alpha value is -2.63. The second-order valence-electron chi connectivity index (χ2n) is 4.04. The van der Waals surface area contributed by atoms with Gasteiger partial charge in [-0.3, -0.25) is 4.79 Å². The standard InChI is InChI=1S/C14H12F2N2O2/c1-20-13-5-3-9(7-11(13)16)18-14(19)8-2-4-10(15)12(17)6-8/h2-7H,17H2,1H3,(H,18,19). The molecule has 0 saturated carbocycles. The number of hydrogen-bond donors (Lipinski definition) is 2. The van der Waals surface area contributed by atoms with Gasteiger partial charge in [-0.05, 0) is 30.3 Å². The Kier molecular flexibility index (Phi) is 3.84. The molecule has 6 heteroatoms. The van der Waals surface area contributed by atoms with E-state index in [9.17, 15) is 13.6 Å². The van der Waals surface area contributed by atoms with Crippen molar-refractivity contribution < 1.29 is 18.3 Å². The number of rotatable bonds is 3. The third-order valence-corrected chi connectivity index (χ3v) is 2.67. The number of hydrogen-bond acceptors (Lipinski definition) is 3. The summed E-state index contributed by atoms with van der Waals surface area (Å²) in [7, 11) is 1.35. The minimum atomic E-state index is -0.600. The van der Waals surface area contributed by atoms with E-state index in [2.05, 4.69) is 5.32 Å². The quantitative estimate of drug-likeness (QED) is 0.848. The van der Waals surface area contributed by atoms with E-state index in [1.807, 2.05) is 0 Å². The van der Waals surface area contributed by atoms with E-state index in [1.54, 1.807) is 0 Å². The molecule has 0 aromatic heterocycles. The van der Waals surface area contributed by atoms with E-state index in [4.69, 9.17) is 10.5 Å². The van der Waals surface area contributed by atoms with Crippen molar-refractivity contribution in [2.24, 2.45) is 0 Å². The molecule has 0 spiro atoms. The highest BCUT2D eigenvalue weighted by Gasteiger charge is 2.10. The molecule has 104 valence electrons. The monoisotopic (exact) mass is 278 g/mol. The Balaban J connectivity index is 2.19. The summed E-state index contributed by atoms with van der Waals surface area (Å²) in [6.07, 6.45) is 0. The predicted molar refractivity (Wildman–Crippen MR) is 71.7 cm³/mol. The molecule has 4 nitrogen and oxygen atoms in total. The maximum atomic E-state index is 13.5. The van der Waals surface area contributed by atoms with Crippen LogP contribution in [0.25, 0.3) is 0 Å². The molecule has 0 bridgehead atoms. The van der Waals surface area contributed by atoms with Gasteiger partial charge in [-0.15, -0.1) is 0 Å². The number of ether oxygens (including phenoxy) is 1. The zero-order valence-corrected chi connectivity index (χ0v) is 10.6. The summed E-state index contributed by atoms with van der Waals surface area (Å²) in [6, 6.07) is 7.62. The third-order valence-electron chi connectivity index (χ3n) is 2.67. The third kappa shape index (κ3) is 2.85. The van der Waals surface area contributed by atoms with Crippen LogP contribution in [0.2, 0.25) is 0 Å². The van der Waals surface area contributed by atoms with Crippen molar-refractivity contribution in [1.29, 1.82) is 0 Å². The van der Waals surface area contributed by atoms with Crippen LogP contribution in [0.5, 0.6) is 5.75 Å². The van der Waals surface area contributed by atoms with Crippen LogP contribution in [-0.2, 0) is 0 Å². The number of methoxy groups -OCH3 is 1. The van der Waals surface area contributed by atoms with Gasteiger partial charge in [0.05, 0.1) is 12.8 Å². The second-order valence-corrected chi connectivity index (χ2v) is 4.04. The molecule has 20 heavy (non-hydrogen) atoms. The minimum Gasteiger partial charge on any atom is -0.494 e. The normalized spacial score (nSPS) is 10.2. The summed E-state index contributed by atoms with van der Waals surface area (Å²) in [5.74, 6) is -1.63. The molecule has 0 aliphatic carbocycles. The average molecular weight is 278 g/mol. The van der Waals surface area contributed by atoms with Crippen molar-refractivity contribution in [2.75, 3.05) is 18.2 Å². The molecule has 0 aliphatic rings. The molecule has 0 unspecified atom stereocenters. The van der Waals surface area contributed by atoms with Gasteiger partial charge in [-0.1, -0.05) is 0 Å². The molecule has 0 fully saturated rings. The number of carbonyl (C=O) groups is 1. The lowest BCUT2D eigenvalue weighted by Crippen LogP contribution is -2.12. The van der Waals surface area contributed by atoms with E-state index in [1.165, 1.54) is 31.4 Å². The number of halogens is 2. The fourth-order valence-electron chi connectivity index (χ4n) is 1.63. The highest BCUT2D eigenvalue weighted by molar-refractivity contribution is 6.04. The molecule has 2 aromatic carbocycles. The molecule has 0 saturated heterocycles. The summed E-state index contributed by atoms with van der Waals surface area (Å²) < 4.78 is 31.3. The molecule has 2 rings (SSSR count). The highest BCUT2D eigenvalue weighted by Crippen LogP contribution is 2.21. The van der Waals surface area contributed by atoms with Crippen molar-refractivity contribution >= 4 is 17.3 Å². The van der Waals surface area contributed by atoms with Gasteiger partial charge < -0.3 is 15.8 Å². The number of amides is 1. The Morgan fingerprint density at radius 2 is 1.90 bits per heavy atom. The summed E-state index contributed by atoms with van der Waals surface area (Å²) in [5, 5.41) is 2.48. The molecule has 0 heterocycles. The average Bonchev–Trinajstić information content (AvgIpc) is 2.42. The fraction of sp³-hybridized carbons (Fsp3) is 0.0714. The van der Waals surface area contributed by atoms with Crippen molar-refractivity contribution in [3.05, 3.63) is 53.6 Å². The molecular weight excluding hydrogens is 266 g/mol. The maximum Gasteiger partial charge on any atom is 0.255 e. The Bertz CT molecular complexity index is 660. The largest absolute Gasteiger partial charge is 0.494 e. The van der Waals surface area contributed by atoms with E-state index in [0.29, 0.717) is 0 Å². The van der Waals surface area contributed by atoms with E-state index in [0.717, 1.165) is 12.1 Å².